The second-order valence-corrected chi connectivity index (χ2v) is 5.39. The van der Waals surface area contributed by atoms with Gasteiger partial charge in [0.25, 0.3) is 0 Å². The minimum atomic E-state index is 0.746. The molecule has 0 atom stereocenters. The van der Waals surface area contributed by atoms with E-state index in [9.17, 15) is 0 Å². The smallest absolute Gasteiger partial charge is 0.185 e. The van der Waals surface area contributed by atoms with Crippen LogP contribution >= 0.6 is 11.3 Å². The summed E-state index contributed by atoms with van der Waals surface area (Å²) in [6.45, 7) is 8.57. The van der Waals surface area contributed by atoms with Gasteiger partial charge in [0, 0.05) is 37.7 Å². The zero-order valence-corrected chi connectivity index (χ0v) is 12.1. The Morgan fingerprint density at radius 2 is 2.33 bits per heavy atom. The molecule has 5 heteroatoms. The highest BCUT2D eigenvalue weighted by molar-refractivity contribution is 7.13. The third kappa shape index (κ3) is 4.23. The largest absolute Gasteiger partial charge is 0.380 e. The molecule has 0 unspecified atom stereocenters. The number of likely N-dealkylation sites (N-methyl/N-ethyl adjacent to an activating group) is 1. The van der Waals surface area contributed by atoms with Crippen LogP contribution in [0.1, 0.15) is 32.4 Å². The predicted molar refractivity (Wildman–Crippen MR) is 76.4 cm³/mol. The Balaban J connectivity index is 1.81. The molecule has 0 spiro atoms. The number of hydrogen-bond acceptors (Lipinski definition) is 5. The molecule has 0 aliphatic heterocycles. The summed E-state index contributed by atoms with van der Waals surface area (Å²) < 4.78 is 5.40. The van der Waals surface area contributed by atoms with Crippen molar-refractivity contribution in [2.75, 3.05) is 31.2 Å². The lowest BCUT2D eigenvalue weighted by Gasteiger charge is -2.19. The van der Waals surface area contributed by atoms with Crippen LogP contribution < -0.4 is 10.2 Å². The van der Waals surface area contributed by atoms with Crippen LogP contribution in [-0.2, 0) is 11.3 Å². The Morgan fingerprint density at radius 1 is 1.50 bits per heavy atom. The monoisotopic (exact) mass is 269 g/mol. The summed E-state index contributed by atoms with van der Waals surface area (Å²) in [7, 11) is 0. The molecule has 1 saturated carbocycles. The third-order valence-corrected chi connectivity index (χ3v) is 4.00. The molecule has 4 nitrogen and oxygen atoms in total. The van der Waals surface area contributed by atoms with Crippen LogP contribution in [0.4, 0.5) is 5.13 Å². The summed E-state index contributed by atoms with van der Waals surface area (Å²) in [6, 6.07) is 0.746. The number of nitrogens with one attached hydrogen (secondary N) is 1. The van der Waals surface area contributed by atoms with Crippen LogP contribution in [0.2, 0.25) is 0 Å². The van der Waals surface area contributed by atoms with Crippen molar-refractivity contribution in [3.63, 3.8) is 0 Å². The lowest BCUT2D eigenvalue weighted by Crippen LogP contribution is -2.27. The van der Waals surface area contributed by atoms with E-state index in [1.807, 2.05) is 6.92 Å². The van der Waals surface area contributed by atoms with Gasteiger partial charge in [0.2, 0.25) is 0 Å². The molecule has 0 aromatic carbocycles. The number of nitrogens with zero attached hydrogens (tertiary/aromatic N) is 2. The third-order valence-electron chi connectivity index (χ3n) is 3.05. The van der Waals surface area contributed by atoms with Crippen LogP contribution in [0.15, 0.2) is 5.38 Å². The second-order valence-electron chi connectivity index (χ2n) is 4.55. The van der Waals surface area contributed by atoms with Gasteiger partial charge in [-0.2, -0.15) is 0 Å². The quantitative estimate of drug-likeness (QED) is 0.698. The van der Waals surface area contributed by atoms with Crippen LogP contribution in [-0.4, -0.2) is 37.3 Å². The van der Waals surface area contributed by atoms with Gasteiger partial charge >= 0.3 is 0 Å². The Labute approximate surface area is 113 Å². The lowest BCUT2D eigenvalue weighted by atomic mass is 10.4. The van der Waals surface area contributed by atoms with Crippen LogP contribution in [0, 0.1) is 0 Å². The zero-order valence-electron chi connectivity index (χ0n) is 11.3. The topological polar surface area (TPSA) is 37.4 Å². The standard InChI is InChI=1S/C13H23N3OS/c1-3-16(7-8-17-4-2)13-15-12(10-18-13)9-14-11-5-6-11/h10-11,14H,3-9H2,1-2H3. The van der Waals surface area contributed by atoms with Gasteiger partial charge < -0.3 is 15.0 Å². The summed E-state index contributed by atoms with van der Waals surface area (Å²) in [4.78, 5) is 6.97. The van der Waals surface area contributed by atoms with Crippen molar-refractivity contribution in [2.24, 2.45) is 0 Å². The molecule has 1 aliphatic carbocycles. The molecule has 1 N–H and O–H groups in total. The van der Waals surface area contributed by atoms with Crippen LogP contribution in [0.3, 0.4) is 0 Å². The SMILES string of the molecule is CCOCCN(CC)c1nc(CNC2CC2)cs1. The molecule has 1 aliphatic rings. The van der Waals surface area contributed by atoms with Crippen molar-refractivity contribution >= 4 is 16.5 Å². The molecule has 0 bridgehead atoms. The molecule has 0 amide bonds. The van der Waals surface area contributed by atoms with E-state index in [4.69, 9.17) is 4.74 Å². The predicted octanol–water partition coefficient (Wildman–Crippen LogP) is 2.26. The number of aromatic nitrogens is 1. The van der Waals surface area contributed by atoms with Crippen molar-refractivity contribution in [3.05, 3.63) is 11.1 Å². The van der Waals surface area contributed by atoms with E-state index in [0.717, 1.165) is 49.7 Å². The average Bonchev–Trinajstić information content (AvgIpc) is 3.10. The van der Waals surface area contributed by atoms with Crippen molar-refractivity contribution < 1.29 is 4.74 Å². The first kappa shape index (κ1) is 13.8. The van der Waals surface area contributed by atoms with Gasteiger partial charge in [-0.1, -0.05) is 0 Å². The fourth-order valence-electron chi connectivity index (χ4n) is 1.77. The maximum Gasteiger partial charge on any atom is 0.185 e. The van der Waals surface area contributed by atoms with E-state index in [1.54, 1.807) is 11.3 Å². The first-order valence-electron chi connectivity index (χ1n) is 6.84. The molecule has 1 heterocycles. The van der Waals surface area contributed by atoms with Gasteiger partial charge in [-0.15, -0.1) is 11.3 Å². The zero-order chi connectivity index (χ0) is 12.8. The van der Waals surface area contributed by atoms with E-state index in [1.165, 1.54) is 12.8 Å². The van der Waals surface area contributed by atoms with Crippen molar-refractivity contribution in [2.45, 2.75) is 39.3 Å². The minimum Gasteiger partial charge on any atom is -0.380 e. The lowest BCUT2D eigenvalue weighted by molar-refractivity contribution is 0.154. The molecule has 102 valence electrons. The summed E-state index contributed by atoms with van der Waals surface area (Å²) in [6.07, 6.45) is 2.65. The highest BCUT2D eigenvalue weighted by atomic mass is 32.1. The highest BCUT2D eigenvalue weighted by Crippen LogP contribution is 2.22. The Bertz CT molecular complexity index is 352. The number of rotatable bonds is 9. The maximum atomic E-state index is 5.40. The summed E-state index contributed by atoms with van der Waals surface area (Å²) in [5.74, 6) is 0. The summed E-state index contributed by atoms with van der Waals surface area (Å²) in [5, 5.41) is 6.77. The van der Waals surface area contributed by atoms with E-state index in [2.05, 4.69) is 27.5 Å². The van der Waals surface area contributed by atoms with Gasteiger partial charge in [-0.3, -0.25) is 0 Å². The van der Waals surface area contributed by atoms with Crippen LogP contribution in [0.25, 0.3) is 0 Å². The first-order valence-corrected chi connectivity index (χ1v) is 7.72. The number of anilines is 1. The molecular weight excluding hydrogens is 246 g/mol. The van der Waals surface area contributed by atoms with E-state index in [-0.39, 0.29) is 0 Å². The Morgan fingerprint density at radius 3 is 3.00 bits per heavy atom. The second kappa shape index (κ2) is 7.07. The fourth-order valence-corrected chi connectivity index (χ4v) is 2.68. The van der Waals surface area contributed by atoms with Gasteiger partial charge in [0.05, 0.1) is 12.3 Å². The molecule has 0 radical (unpaired) electrons. The average molecular weight is 269 g/mol. The normalized spacial score (nSPS) is 15.0. The fraction of sp³-hybridized carbons (Fsp3) is 0.769. The van der Waals surface area contributed by atoms with E-state index >= 15 is 0 Å². The van der Waals surface area contributed by atoms with Crippen molar-refractivity contribution in [1.29, 1.82) is 0 Å². The van der Waals surface area contributed by atoms with Gasteiger partial charge in [-0.05, 0) is 26.7 Å². The van der Waals surface area contributed by atoms with Crippen LogP contribution in [0.5, 0.6) is 0 Å². The van der Waals surface area contributed by atoms with Gasteiger partial charge in [-0.25, -0.2) is 4.98 Å². The minimum absolute atomic E-state index is 0.746. The van der Waals surface area contributed by atoms with Gasteiger partial charge in [0.15, 0.2) is 5.13 Å². The van der Waals surface area contributed by atoms with Crippen molar-refractivity contribution in [1.82, 2.24) is 10.3 Å². The summed E-state index contributed by atoms with van der Waals surface area (Å²) >= 11 is 1.73. The molecular formula is C13H23N3OS. The van der Waals surface area contributed by atoms with Crippen molar-refractivity contribution in [3.8, 4) is 0 Å². The molecule has 1 aromatic rings. The first-order chi connectivity index (χ1) is 8.83. The Hall–Kier alpha value is -0.650. The molecule has 0 saturated heterocycles. The molecule has 1 aromatic heterocycles. The maximum absolute atomic E-state index is 5.40. The number of hydrogen-bond donors (Lipinski definition) is 1. The van der Waals surface area contributed by atoms with E-state index < -0.39 is 0 Å². The highest BCUT2D eigenvalue weighted by Gasteiger charge is 2.20. The molecule has 2 rings (SSSR count). The molecule has 18 heavy (non-hydrogen) atoms. The Kier molecular flexibility index (Phi) is 5.41. The number of thiazole rings is 1. The number of ether oxygens (including phenoxy) is 1. The van der Waals surface area contributed by atoms with Gasteiger partial charge in [0.1, 0.15) is 0 Å². The summed E-state index contributed by atoms with van der Waals surface area (Å²) in [5.41, 5.74) is 1.16. The molecule has 1 fully saturated rings. The van der Waals surface area contributed by atoms with E-state index in [0.29, 0.717) is 0 Å².